The lowest BCUT2D eigenvalue weighted by Crippen LogP contribution is -2.23. The molecule has 1 aromatic rings. The molecule has 2 N–H and O–H groups in total. The highest BCUT2D eigenvalue weighted by molar-refractivity contribution is 6.28. The molecule has 0 saturated heterocycles. The normalized spacial score (nSPS) is 13.0. The first kappa shape index (κ1) is 17.0. The van der Waals surface area contributed by atoms with Gasteiger partial charge in [-0.1, -0.05) is 0 Å². The Balaban J connectivity index is 2.97. The summed E-state index contributed by atoms with van der Waals surface area (Å²) >= 11 is 0. The molecule has 9 heteroatoms. The van der Waals surface area contributed by atoms with Gasteiger partial charge in [-0.25, -0.2) is 9.59 Å². The molecule has 126 valence electrons. The molecule has 1 aliphatic carbocycles. The molecule has 0 radical (unpaired) electrons. The molecule has 0 aromatic heterocycles. The van der Waals surface area contributed by atoms with Gasteiger partial charge in [-0.2, -0.15) is 0 Å². The predicted octanol–water partition coefficient (Wildman–Crippen LogP) is 0.580. The van der Waals surface area contributed by atoms with E-state index in [-0.39, 0.29) is 0 Å². The Hall–Kier alpha value is -3.36. The second-order valence-electron chi connectivity index (χ2n) is 4.59. The number of carbonyl (C=O) groups excluding carboxylic acids is 4. The van der Waals surface area contributed by atoms with E-state index in [1.54, 1.807) is 0 Å². The summed E-state index contributed by atoms with van der Waals surface area (Å²) in [5.41, 5.74) is -2.87. The first-order valence-corrected chi connectivity index (χ1v) is 6.43. The Kier molecular flexibility index (Phi) is 4.27. The number of esters is 2. The van der Waals surface area contributed by atoms with Gasteiger partial charge in [0.05, 0.1) is 32.5 Å². The highest BCUT2D eigenvalue weighted by atomic mass is 16.5. The van der Waals surface area contributed by atoms with Crippen molar-refractivity contribution < 1.29 is 43.6 Å². The van der Waals surface area contributed by atoms with Gasteiger partial charge in [-0.3, -0.25) is 9.59 Å². The second kappa shape index (κ2) is 6.03. The molecular formula is C15H12O9. The Morgan fingerprint density at radius 1 is 0.875 bits per heavy atom. The van der Waals surface area contributed by atoms with Crippen LogP contribution in [0, 0.1) is 0 Å². The summed E-state index contributed by atoms with van der Waals surface area (Å²) < 4.78 is 13.6. The fourth-order valence-corrected chi connectivity index (χ4v) is 2.32. The minimum atomic E-state index is -1.21. The number of aromatic hydroxyl groups is 2. The SMILES string of the molecule is COC(=O)c1c(O)c2c(c(O)c1C(=O)OC)C(=O)C(OC)=CC2=O. The maximum atomic E-state index is 12.3. The maximum Gasteiger partial charge on any atom is 0.342 e. The van der Waals surface area contributed by atoms with Gasteiger partial charge >= 0.3 is 11.9 Å². The average molecular weight is 336 g/mol. The van der Waals surface area contributed by atoms with Gasteiger partial charge in [0.2, 0.25) is 5.78 Å². The van der Waals surface area contributed by atoms with Crippen molar-refractivity contribution in [2.45, 2.75) is 0 Å². The molecule has 0 atom stereocenters. The standard InChI is InChI=1S/C15H12O9/c1-22-6-4-5(16)7-8(11(6)17)13(19)10(15(21)24-3)9(12(7)18)14(20)23-2/h4,18-19H,1-3H3. The van der Waals surface area contributed by atoms with Crippen molar-refractivity contribution in [2.75, 3.05) is 21.3 Å². The number of ether oxygens (including phenoxy) is 3. The fourth-order valence-electron chi connectivity index (χ4n) is 2.32. The molecule has 9 nitrogen and oxygen atoms in total. The van der Waals surface area contributed by atoms with Crippen LogP contribution in [0.2, 0.25) is 0 Å². The molecule has 0 bridgehead atoms. The van der Waals surface area contributed by atoms with E-state index in [2.05, 4.69) is 9.47 Å². The van der Waals surface area contributed by atoms with Gasteiger partial charge in [-0.05, 0) is 0 Å². The molecule has 0 fully saturated rings. The molecule has 0 aliphatic heterocycles. The van der Waals surface area contributed by atoms with Crippen molar-refractivity contribution in [2.24, 2.45) is 0 Å². The van der Waals surface area contributed by atoms with Crippen LogP contribution in [0.3, 0.4) is 0 Å². The van der Waals surface area contributed by atoms with Gasteiger partial charge in [0.1, 0.15) is 22.6 Å². The number of phenolic OH excluding ortho intramolecular Hbond substituents is 2. The van der Waals surface area contributed by atoms with Crippen LogP contribution >= 0.6 is 0 Å². The van der Waals surface area contributed by atoms with E-state index in [1.807, 2.05) is 0 Å². The zero-order valence-corrected chi connectivity index (χ0v) is 12.8. The maximum absolute atomic E-state index is 12.3. The van der Waals surface area contributed by atoms with Crippen molar-refractivity contribution in [3.63, 3.8) is 0 Å². The van der Waals surface area contributed by atoms with Crippen LogP contribution in [-0.2, 0) is 14.2 Å². The molecule has 0 spiro atoms. The lowest BCUT2D eigenvalue weighted by molar-refractivity contribution is 0.0548. The summed E-state index contributed by atoms with van der Waals surface area (Å²) in [5, 5.41) is 20.6. The molecule has 2 rings (SSSR count). The first-order valence-electron chi connectivity index (χ1n) is 6.43. The minimum Gasteiger partial charge on any atom is -0.506 e. The number of Topliss-reactive ketones (excluding diaryl/α,β-unsaturated/α-hetero) is 1. The van der Waals surface area contributed by atoms with Crippen molar-refractivity contribution in [1.29, 1.82) is 0 Å². The quantitative estimate of drug-likeness (QED) is 0.599. The number of ketones is 2. The molecule has 0 unspecified atom stereocenters. The monoisotopic (exact) mass is 336 g/mol. The van der Waals surface area contributed by atoms with Gasteiger partial charge in [0.25, 0.3) is 0 Å². The van der Waals surface area contributed by atoms with Crippen LogP contribution in [0.1, 0.15) is 41.4 Å². The molecule has 0 saturated carbocycles. The fraction of sp³-hybridized carbons (Fsp3) is 0.200. The third kappa shape index (κ3) is 2.26. The zero-order valence-electron chi connectivity index (χ0n) is 12.8. The summed E-state index contributed by atoms with van der Waals surface area (Å²) in [7, 11) is 3.06. The number of hydrogen-bond donors (Lipinski definition) is 2. The number of fused-ring (bicyclic) bond motifs is 1. The van der Waals surface area contributed by atoms with Crippen LogP contribution in [-0.4, -0.2) is 55.0 Å². The van der Waals surface area contributed by atoms with Crippen LogP contribution < -0.4 is 0 Å². The van der Waals surface area contributed by atoms with Crippen LogP contribution in [0.5, 0.6) is 11.5 Å². The van der Waals surface area contributed by atoms with E-state index in [0.29, 0.717) is 0 Å². The Labute approximate surface area is 135 Å². The Morgan fingerprint density at radius 2 is 1.33 bits per heavy atom. The molecule has 1 aromatic carbocycles. The van der Waals surface area contributed by atoms with Crippen molar-refractivity contribution >= 4 is 23.5 Å². The van der Waals surface area contributed by atoms with E-state index < -0.39 is 63.0 Å². The van der Waals surface area contributed by atoms with E-state index in [0.717, 1.165) is 27.4 Å². The topological polar surface area (TPSA) is 136 Å². The van der Waals surface area contributed by atoms with E-state index >= 15 is 0 Å². The second-order valence-corrected chi connectivity index (χ2v) is 4.59. The van der Waals surface area contributed by atoms with Gasteiger partial charge in [0.15, 0.2) is 11.5 Å². The molecular weight excluding hydrogens is 324 g/mol. The number of hydrogen-bond acceptors (Lipinski definition) is 9. The number of methoxy groups -OCH3 is 3. The summed E-state index contributed by atoms with van der Waals surface area (Å²) in [6.07, 6.45) is 0.794. The summed E-state index contributed by atoms with van der Waals surface area (Å²) in [6.45, 7) is 0. The number of carbonyl (C=O) groups is 4. The average Bonchev–Trinajstić information content (AvgIpc) is 2.57. The third-order valence-electron chi connectivity index (χ3n) is 3.41. The highest BCUT2D eigenvalue weighted by Crippen LogP contribution is 2.41. The lowest BCUT2D eigenvalue weighted by atomic mass is 9.86. The summed E-state index contributed by atoms with van der Waals surface area (Å²) in [4.78, 5) is 48.2. The van der Waals surface area contributed by atoms with Crippen molar-refractivity contribution in [1.82, 2.24) is 0 Å². The molecule has 0 amide bonds. The molecule has 24 heavy (non-hydrogen) atoms. The minimum absolute atomic E-state index is 0.399. The largest absolute Gasteiger partial charge is 0.506 e. The summed E-state index contributed by atoms with van der Waals surface area (Å²) in [6, 6.07) is 0. The van der Waals surface area contributed by atoms with Crippen LogP contribution in [0.25, 0.3) is 0 Å². The lowest BCUT2D eigenvalue weighted by Gasteiger charge is -2.20. The zero-order chi connectivity index (χ0) is 18.2. The van der Waals surface area contributed by atoms with Crippen molar-refractivity contribution in [3.05, 3.63) is 34.1 Å². The first-order chi connectivity index (χ1) is 11.3. The smallest absolute Gasteiger partial charge is 0.342 e. The van der Waals surface area contributed by atoms with Crippen molar-refractivity contribution in [3.8, 4) is 11.5 Å². The Bertz CT molecular complexity index is 817. The van der Waals surface area contributed by atoms with E-state index in [1.165, 1.54) is 0 Å². The van der Waals surface area contributed by atoms with Crippen LogP contribution in [0.4, 0.5) is 0 Å². The van der Waals surface area contributed by atoms with Gasteiger partial charge in [0, 0.05) is 6.08 Å². The molecule has 1 aliphatic rings. The van der Waals surface area contributed by atoms with Gasteiger partial charge in [-0.15, -0.1) is 0 Å². The highest BCUT2D eigenvalue weighted by Gasteiger charge is 2.39. The molecule has 0 heterocycles. The number of benzene rings is 1. The van der Waals surface area contributed by atoms with E-state index in [9.17, 15) is 29.4 Å². The third-order valence-corrected chi connectivity index (χ3v) is 3.41. The Morgan fingerprint density at radius 3 is 1.75 bits per heavy atom. The number of rotatable bonds is 3. The van der Waals surface area contributed by atoms with E-state index in [4.69, 9.17) is 4.74 Å². The van der Waals surface area contributed by atoms with Gasteiger partial charge < -0.3 is 24.4 Å². The van der Waals surface area contributed by atoms with Crippen LogP contribution in [0.15, 0.2) is 11.8 Å². The number of phenols is 2. The number of allylic oxidation sites excluding steroid dienone is 2. The summed E-state index contributed by atoms with van der Waals surface area (Å²) in [5.74, 6) is -6.61. The predicted molar refractivity (Wildman–Crippen MR) is 76.2 cm³/mol.